The van der Waals surface area contributed by atoms with E-state index in [1.54, 1.807) is 13.2 Å². The zero-order valence-corrected chi connectivity index (χ0v) is 11.3. The first kappa shape index (κ1) is 13.9. The van der Waals surface area contributed by atoms with Crippen LogP contribution >= 0.6 is 0 Å². The van der Waals surface area contributed by atoms with Gasteiger partial charge in [-0.05, 0) is 31.0 Å². The van der Waals surface area contributed by atoms with Gasteiger partial charge < -0.3 is 9.84 Å². The molecule has 0 atom stereocenters. The maximum atomic E-state index is 9.19. The Bertz CT molecular complexity index is 464. The first-order chi connectivity index (χ1) is 9.28. The Morgan fingerprint density at radius 1 is 1.47 bits per heavy atom. The number of nitrogens with zero attached hydrogens (tertiary/aromatic N) is 2. The molecule has 102 valence electrons. The van der Waals surface area contributed by atoms with Gasteiger partial charge in [0.2, 0.25) is 0 Å². The molecule has 0 saturated heterocycles. The second kappa shape index (κ2) is 6.55. The molecule has 0 radical (unpaired) electrons. The van der Waals surface area contributed by atoms with Crippen molar-refractivity contribution in [1.29, 1.82) is 5.26 Å². The van der Waals surface area contributed by atoms with Crippen LogP contribution in [-0.4, -0.2) is 36.3 Å². The Balaban J connectivity index is 2.16. The highest BCUT2D eigenvalue weighted by atomic mass is 16.5. The van der Waals surface area contributed by atoms with Gasteiger partial charge in [0.25, 0.3) is 0 Å². The minimum absolute atomic E-state index is 0.163. The van der Waals surface area contributed by atoms with Gasteiger partial charge in [0.15, 0.2) is 0 Å². The quantitative estimate of drug-likeness (QED) is 0.849. The maximum absolute atomic E-state index is 9.19. The van der Waals surface area contributed by atoms with Crippen molar-refractivity contribution in [2.24, 2.45) is 0 Å². The highest BCUT2D eigenvalue weighted by Crippen LogP contribution is 2.28. The van der Waals surface area contributed by atoms with Crippen molar-refractivity contribution in [3.63, 3.8) is 0 Å². The summed E-state index contributed by atoms with van der Waals surface area (Å²) in [5, 5.41) is 18.2. The normalized spacial score (nSPS) is 15.1. The lowest BCUT2D eigenvalue weighted by Gasteiger charge is -2.37. The number of nitriles is 1. The molecule has 1 aliphatic rings. The lowest BCUT2D eigenvalue weighted by Crippen LogP contribution is -2.41. The van der Waals surface area contributed by atoms with Crippen LogP contribution < -0.4 is 4.74 Å². The van der Waals surface area contributed by atoms with E-state index in [0.29, 0.717) is 18.2 Å². The number of aliphatic hydroxyl groups is 1. The molecule has 1 aliphatic carbocycles. The first-order valence-electron chi connectivity index (χ1n) is 6.70. The smallest absolute Gasteiger partial charge is 0.123 e. The van der Waals surface area contributed by atoms with Gasteiger partial charge in [0.05, 0.1) is 25.3 Å². The number of methoxy groups -OCH3 is 1. The molecule has 19 heavy (non-hydrogen) atoms. The summed E-state index contributed by atoms with van der Waals surface area (Å²) in [5.74, 6) is 0.807. The van der Waals surface area contributed by atoms with Crippen LogP contribution in [0, 0.1) is 11.3 Å². The summed E-state index contributed by atoms with van der Waals surface area (Å²) in [4.78, 5) is 2.28. The highest BCUT2D eigenvalue weighted by molar-refractivity contribution is 5.42. The minimum Gasteiger partial charge on any atom is -0.496 e. The van der Waals surface area contributed by atoms with Crippen molar-refractivity contribution in [2.75, 3.05) is 20.3 Å². The summed E-state index contributed by atoms with van der Waals surface area (Å²) >= 11 is 0. The Morgan fingerprint density at radius 3 is 2.79 bits per heavy atom. The third-order valence-electron chi connectivity index (χ3n) is 3.76. The number of benzene rings is 1. The van der Waals surface area contributed by atoms with Crippen LogP contribution in [0.2, 0.25) is 0 Å². The van der Waals surface area contributed by atoms with Gasteiger partial charge in [0.1, 0.15) is 5.75 Å². The summed E-state index contributed by atoms with van der Waals surface area (Å²) in [6, 6.07) is 8.20. The third kappa shape index (κ3) is 3.25. The van der Waals surface area contributed by atoms with Gasteiger partial charge in [-0.25, -0.2) is 0 Å². The summed E-state index contributed by atoms with van der Waals surface area (Å²) in [5.41, 5.74) is 1.66. The van der Waals surface area contributed by atoms with Crippen LogP contribution in [0.3, 0.4) is 0 Å². The SMILES string of the molecule is COc1ccc(C#N)cc1CN(CCO)C1CCC1. The van der Waals surface area contributed by atoms with E-state index in [9.17, 15) is 5.11 Å². The minimum atomic E-state index is 0.163. The van der Waals surface area contributed by atoms with E-state index < -0.39 is 0 Å². The Kier molecular flexibility index (Phi) is 4.78. The van der Waals surface area contributed by atoms with E-state index in [1.165, 1.54) is 19.3 Å². The molecule has 0 spiro atoms. The fraction of sp³-hybridized carbons (Fsp3) is 0.533. The molecule has 1 aromatic rings. The van der Waals surface area contributed by atoms with E-state index in [2.05, 4.69) is 11.0 Å². The number of hydrogen-bond donors (Lipinski definition) is 1. The largest absolute Gasteiger partial charge is 0.496 e. The van der Waals surface area contributed by atoms with E-state index in [1.807, 2.05) is 12.1 Å². The van der Waals surface area contributed by atoms with Gasteiger partial charge in [-0.15, -0.1) is 0 Å². The van der Waals surface area contributed by atoms with Gasteiger partial charge >= 0.3 is 0 Å². The van der Waals surface area contributed by atoms with Crippen molar-refractivity contribution in [3.8, 4) is 11.8 Å². The average Bonchev–Trinajstić information content (AvgIpc) is 2.37. The predicted octanol–water partition coefficient (Wildman–Crippen LogP) is 1.91. The Hall–Kier alpha value is -1.57. The zero-order chi connectivity index (χ0) is 13.7. The van der Waals surface area contributed by atoms with Crippen molar-refractivity contribution >= 4 is 0 Å². The fourth-order valence-electron chi connectivity index (χ4n) is 2.46. The van der Waals surface area contributed by atoms with E-state index in [-0.39, 0.29) is 6.61 Å². The summed E-state index contributed by atoms with van der Waals surface area (Å²) in [7, 11) is 1.64. The number of aliphatic hydroxyl groups excluding tert-OH is 1. The monoisotopic (exact) mass is 260 g/mol. The van der Waals surface area contributed by atoms with Crippen molar-refractivity contribution in [3.05, 3.63) is 29.3 Å². The van der Waals surface area contributed by atoms with Crippen LogP contribution in [-0.2, 0) is 6.54 Å². The average molecular weight is 260 g/mol. The van der Waals surface area contributed by atoms with Gasteiger partial charge in [-0.1, -0.05) is 6.42 Å². The number of hydrogen-bond acceptors (Lipinski definition) is 4. The highest BCUT2D eigenvalue weighted by Gasteiger charge is 2.25. The summed E-state index contributed by atoms with van der Waals surface area (Å²) in [6.07, 6.45) is 3.66. The van der Waals surface area contributed by atoms with Crippen molar-refractivity contribution in [2.45, 2.75) is 31.8 Å². The Morgan fingerprint density at radius 2 is 2.26 bits per heavy atom. The molecule has 1 aromatic carbocycles. The molecule has 1 N–H and O–H groups in total. The molecule has 0 amide bonds. The van der Waals surface area contributed by atoms with Crippen molar-refractivity contribution < 1.29 is 9.84 Å². The van der Waals surface area contributed by atoms with E-state index >= 15 is 0 Å². The zero-order valence-electron chi connectivity index (χ0n) is 11.3. The molecule has 0 unspecified atom stereocenters. The number of ether oxygens (including phenoxy) is 1. The molecule has 1 fully saturated rings. The fourth-order valence-corrected chi connectivity index (χ4v) is 2.46. The molecule has 0 aromatic heterocycles. The molecule has 0 heterocycles. The van der Waals surface area contributed by atoms with Crippen LogP contribution in [0.5, 0.6) is 5.75 Å². The predicted molar refractivity (Wildman–Crippen MR) is 72.8 cm³/mol. The van der Waals surface area contributed by atoms with E-state index in [0.717, 1.165) is 17.9 Å². The van der Waals surface area contributed by atoms with Crippen LogP contribution in [0.25, 0.3) is 0 Å². The standard InChI is InChI=1S/C15H20N2O2/c1-19-15-6-5-12(10-16)9-13(15)11-17(7-8-18)14-3-2-4-14/h5-6,9,14,18H,2-4,7-8,11H2,1H3. The topological polar surface area (TPSA) is 56.5 Å². The molecular weight excluding hydrogens is 240 g/mol. The number of rotatable bonds is 6. The summed E-state index contributed by atoms with van der Waals surface area (Å²) < 4.78 is 5.36. The second-order valence-corrected chi connectivity index (χ2v) is 4.92. The van der Waals surface area contributed by atoms with Gasteiger partial charge in [0, 0.05) is 24.7 Å². The molecule has 4 nitrogen and oxygen atoms in total. The molecule has 1 saturated carbocycles. The van der Waals surface area contributed by atoms with Crippen molar-refractivity contribution in [1.82, 2.24) is 4.90 Å². The van der Waals surface area contributed by atoms with Crippen LogP contribution in [0.15, 0.2) is 18.2 Å². The second-order valence-electron chi connectivity index (χ2n) is 4.92. The Labute approximate surface area is 114 Å². The van der Waals surface area contributed by atoms with E-state index in [4.69, 9.17) is 10.00 Å². The lowest BCUT2D eigenvalue weighted by molar-refractivity contribution is 0.0937. The molecule has 0 aliphatic heterocycles. The van der Waals surface area contributed by atoms with Gasteiger partial charge in [-0.3, -0.25) is 4.90 Å². The summed E-state index contributed by atoms with van der Waals surface area (Å²) in [6.45, 7) is 1.56. The molecular formula is C15H20N2O2. The van der Waals surface area contributed by atoms with Crippen LogP contribution in [0.4, 0.5) is 0 Å². The third-order valence-corrected chi connectivity index (χ3v) is 3.76. The van der Waals surface area contributed by atoms with Crippen LogP contribution in [0.1, 0.15) is 30.4 Å². The van der Waals surface area contributed by atoms with Gasteiger partial charge in [-0.2, -0.15) is 5.26 Å². The maximum Gasteiger partial charge on any atom is 0.123 e. The molecule has 0 bridgehead atoms. The molecule has 4 heteroatoms. The first-order valence-corrected chi connectivity index (χ1v) is 6.70. The molecule has 2 rings (SSSR count). The lowest BCUT2D eigenvalue weighted by atomic mass is 9.91.